The molecule has 1 unspecified atom stereocenters. The number of fused-ring (bicyclic) bond motifs is 1. The highest BCUT2D eigenvalue weighted by molar-refractivity contribution is 7.98. The second kappa shape index (κ2) is 12.8. The van der Waals surface area contributed by atoms with Gasteiger partial charge in [-0.1, -0.05) is 83.0 Å². The van der Waals surface area contributed by atoms with Crippen molar-refractivity contribution < 1.29 is 14.3 Å². The van der Waals surface area contributed by atoms with Gasteiger partial charge in [-0.05, 0) is 62.2 Å². The molecule has 0 spiro atoms. The summed E-state index contributed by atoms with van der Waals surface area (Å²) in [6.07, 6.45) is -0.280. The SMILES string of the molecule is CC1=C(C(=O)OC(C)C)C(c2ccc(OCc3ccc(Cl)cc3Cl)cc2)n2nc(SCc3ccccc3Cl)nc2N1. The van der Waals surface area contributed by atoms with Gasteiger partial charge in [0.05, 0.1) is 11.7 Å². The van der Waals surface area contributed by atoms with Crippen LogP contribution in [0.1, 0.15) is 43.5 Å². The first-order valence-electron chi connectivity index (χ1n) is 12.9. The molecule has 11 heteroatoms. The Bertz CT molecular complexity index is 1610. The van der Waals surface area contributed by atoms with Crippen molar-refractivity contribution in [3.63, 3.8) is 0 Å². The lowest BCUT2D eigenvalue weighted by molar-refractivity contribution is -0.143. The van der Waals surface area contributed by atoms with E-state index in [0.29, 0.717) is 48.9 Å². The van der Waals surface area contributed by atoms with Crippen molar-refractivity contribution in [3.05, 3.63) is 110 Å². The fourth-order valence-corrected chi connectivity index (χ4v) is 5.92. The first-order valence-corrected chi connectivity index (χ1v) is 15.0. The standard InChI is InChI=1S/C30H27Cl3N4O3S/c1-17(2)40-28(38)26-18(3)34-29-35-30(41-16-21-6-4-5-7-24(21)32)36-37(29)27(26)19-9-12-23(13-10-19)39-15-20-8-11-22(31)14-25(20)33/h4-14,17,27H,15-16H2,1-3H3,(H,34,35,36). The molecule has 0 saturated heterocycles. The first kappa shape index (κ1) is 29.3. The number of carbonyl (C=O) groups is 1. The van der Waals surface area contributed by atoms with Gasteiger partial charge in [0.2, 0.25) is 11.1 Å². The summed E-state index contributed by atoms with van der Waals surface area (Å²) in [5, 5.41) is 10.4. The molecular weight excluding hydrogens is 603 g/mol. The Morgan fingerprint density at radius 2 is 1.78 bits per heavy atom. The molecule has 1 aromatic heterocycles. The molecule has 1 atom stereocenters. The van der Waals surface area contributed by atoms with Crippen molar-refractivity contribution in [3.8, 4) is 5.75 Å². The lowest BCUT2D eigenvalue weighted by Crippen LogP contribution is -2.30. The van der Waals surface area contributed by atoms with Crippen LogP contribution < -0.4 is 10.1 Å². The molecule has 5 rings (SSSR count). The smallest absolute Gasteiger partial charge is 0.338 e. The summed E-state index contributed by atoms with van der Waals surface area (Å²) < 4.78 is 13.3. The quantitative estimate of drug-likeness (QED) is 0.147. The number of ether oxygens (including phenoxy) is 2. The summed E-state index contributed by atoms with van der Waals surface area (Å²) in [5.41, 5.74) is 3.75. The van der Waals surface area contributed by atoms with Crippen molar-refractivity contribution in [1.29, 1.82) is 0 Å². The zero-order valence-corrected chi connectivity index (χ0v) is 25.6. The topological polar surface area (TPSA) is 78.3 Å². The molecule has 7 nitrogen and oxygen atoms in total. The van der Waals surface area contributed by atoms with Gasteiger partial charge in [-0.3, -0.25) is 0 Å². The molecule has 4 aromatic rings. The Hall–Kier alpha value is -3.17. The minimum atomic E-state index is -0.556. The van der Waals surface area contributed by atoms with E-state index in [9.17, 15) is 4.79 Å². The average Bonchev–Trinajstić information content (AvgIpc) is 3.33. The van der Waals surface area contributed by atoms with Gasteiger partial charge >= 0.3 is 5.97 Å². The van der Waals surface area contributed by atoms with Gasteiger partial charge in [0.15, 0.2) is 0 Å². The number of hydrogen-bond donors (Lipinski definition) is 1. The van der Waals surface area contributed by atoms with Crippen molar-refractivity contribution >= 4 is 58.5 Å². The Morgan fingerprint density at radius 1 is 1.02 bits per heavy atom. The molecule has 2 heterocycles. The van der Waals surface area contributed by atoms with Crippen LogP contribution in [0.4, 0.5) is 5.95 Å². The zero-order chi connectivity index (χ0) is 29.1. The fraction of sp³-hybridized carbons (Fsp3) is 0.233. The number of halogens is 3. The summed E-state index contributed by atoms with van der Waals surface area (Å²) in [4.78, 5) is 18.0. The van der Waals surface area contributed by atoms with E-state index >= 15 is 0 Å². The zero-order valence-electron chi connectivity index (χ0n) is 22.5. The van der Waals surface area contributed by atoms with Crippen LogP contribution in [0.15, 0.2) is 83.2 Å². The van der Waals surface area contributed by atoms with E-state index < -0.39 is 12.0 Å². The normalized spacial score (nSPS) is 14.6. The van der Waals surface area contributed by atoms with E-state index in [0.717, 1.165) is 16.7 Å². The van der Waals surface area contributed by atoms with Crippen molar-refractivity contribution in [2.75, 3.05) is 5.32 Å². The number of carbonyl (C=O) groups excluding carboxylic acids is 1. The summed E-state index contributed by atoms with van der Waals surface area (Å²) in [7, 11) is 0. The van der Waals surface area contributed by atoms with E-state index in [4.69, 9.17) is 54.4 Å². The average molecular weight is 630 g/mol. The van der Waals surface area contributed by atoms with Crippen LogP contribution in [-0.4, -0.2) is 26.8 Å². The largest absolute Gasteiger partial charge is 0.489 e. The predicted octanol–water partition coefficient (Wildman–Crippen LogP) is 8.35. The second-order valence-electron chi connectivity index (χ2n) is 9.66. The summed E-state index contributed by atoms with van der Waals surface area (Å²) in [5.74, 6) is 1.37. The number of esters is 1. The van der Waals surface area contributed by atoms with Gasteiger partial charge in [-0.2, -0.15) is 4.98 Å². The van der Waals surface area contributed by atoms with E-state index in [1.165, 1.54) is 11.8 Å². The lowest BCUT2D eigenvalue weighted by Gasteiger charge is -2.28. The second-order valence-corrected chi connectivity index (χ2v) is 11.8. The van der Waals surface area contributed by atoms with E-state index in [1.807, 2.05) is 75.4 Å². The fourth-order valence-electron chi connectivity index (χ4n) is 4.35. The van der Waals surface area contributed by atoms with Crippen LogP contribution in [0.3, 0.4) is 0 Å². The number of thioether (sulfide) groups is 1. The highest BCUT2D eigenvalue weighted by Crippen LogP contribution is 2.38. The third-order valence-corrected chi connectivity index (χ3v) is 8.16. The minimum absolute atomic E-state index is 0.280. The van der Waals surface area contributed by atoms with Crippen LogP contribution >= 0.6 is 46.6 Å². The Morgan fingerprint density at radius 3 is 2.49 bits per heavy atom. The summed E-state index contributed by atoms with van der Waals surface area (Å²) in [6.45, 7) is 5.77. The van der Waals surface area contributed by atoms with Gasteiger partial charge in [0, 0.05) is 32.1 Å². The number of nitrogens with zero attached hydrogens (tertiary/aromatic N) is 3. The third kappa shape index (κ3) is 6.84. The molecular formula is C30H27Cl3N4O3S. The van der Waals surface area contributed by atoms with Crippen LogP contribution in [0.5, 0.6) is 5.75 Å². The molecule has 0 aliphatic carbocycles. The van der Waals surface area contributed by atoms with Crippen LogP contribution in [0.25, 0.3) is 0 Å². The van der Waals surface area contributed by atoms with Crippen molar-refractivity contribution in [1.82, 2.24) is 14.8 Å². The molecule has 0 bridgehead atoms. The third-order valence-electron chi connectivity index (χ3n) is 6.32. The minimum Gasteiger partial charge on any atom is -0.489 e. The number of rotatable bonds is 9. The number of hydrogen-bond acceptors (Lipinski definition) is 7. The van der Waals surface area contributed by atoms with E-state index in [2.05, 4.69) is 5.32 Å². The maximum Gasteiger partial charge on any atom is 0.338 e. The molecule has 1 aliphatic heterocycles. The van der Waals surface area contributed by atoms with Crippen LogP contribution in [0, 0.1) is 0 Å². The molecule has 0 radical (unpaired) electrons. The maximum absolute atomic E-state index is 13.3. The number of anilines is 1. The van der Waals surface area contributed by atoms with Gasteiger partial charge in [0.1, 0.15) is 18.4 Å². The van der Waals surface area contributed by atoms with Crippen LogP contribution in [0.2, 0.25) is 15.1 Å². The monoisotopic (exact) mass is 628 g/mol. The van der Waals surface area contributed by atoms with Crippen molar-refractivity contribution in [2.24, 2.45) is 0 Å². The Kier molecular flexibility index (Phi) is 9.14. The highest BCUT2D eigenvalue weighted by atomic mass is 35.5. The highest BCUT2D eigenvalue weighted by Gasteiger charge is 2.35. The molecule has 0 amide bonds. The maximum atomic E-state index is 13.3. The Balaban J connectivity index is 1.42. The number of allylic oxidation sites excluding steroid dienone is 1. The summed E-state index contributed by atoms with van der Waals surface area (Å²) in [6, 6.07) is 19.9. The molecule has 212 valence electrons. The van der Waals surface area contributed by atoms with Gasteiger partial charge in [-0.25, -0.2) is 9.48 Å². The van der Waals surface area contributed by atoms with Gasteiger partial charge in [0.25, 0.3) is 0 Å². The molecule has 1 N–H and O–H groups in total. The van der Waals surface area contributed by atoms with Gasteiger partial charge in [-0.15, -0.1) is 5.10 Å². The van der Waals surface area contributed by atoms with E-state index in [-0.39, 0.29) is 12.7 Å². The van der Waals surface area contributed by atoms with Crippen LogP contribution in [-0.2, 0) is 21.9 Å². The lowest BCUT2D eigenvalue weighted by atomic mass is 9.95. The molecule has 41 heavy (non-hydrogen) atoms. The molecule has 0 saturated carbocycles. The molecule has 0 fully saturated rings. The Labute approximate surface area is 257 Å². The van der Waals surface area contributed by atoms with E-state index in [1.54, 1.807) is 16.8 Å². The molecule has 1 aliphatic rings. The number of nitrogens with one attached hydrogen (secondary N) is 1. The van der Waals surface area contributed by atoms with Crippen molar-refractivity contribution in [2.45, 2.75) is 50.4 Å². The van der Waals surface area contributed by atoms with Gasteiger partial charge < -0.3 is 14.8 Å². The summed E-state index contributed by atoms with van der Waals surface area (Å²) >= 11 is 20.1. The predicted molar refractivity (Wildman–Crippen MR) is 164 cm³/mol. The number of benzene rings is 3. The number of aromatic nitrogens is 3. The molecule has 3 aromatic carbocycles. The first-order chi connectivity index (χ1) is 19.7.